The van der Waals surface area contributed by atoms with Crippen molar-refractivity contribution >= 4 is 11.3 Å². The van der Waals surface area contributed by atoms with Crippen LogP contribution in [0.2, 0.25) is 0 Å². The number of hydrogen-bond acceptors (Lipinski definition) is 4. The van der Waals surface area contributed by atoms with Gasteiger partial charge >= 0.3 is 0 Å². The van der Waals surface area contributed by atoms with Gasteiger partial charge in [0, 0.05) is 18.9 Å². The van der Waals surface area contributed by atoms with Crippen LogP contribution in [0.4, 0.5) is 0 Å². The third-order valence-electron chi connectivity index (χ3n) is 2.39. The van der Waals surface area contributed by atoms with Crippen molar-refractivity contribution in [2.45, 2.75) is 46.0 Å². The van der Waals surface area contributed by atoms with Crippen molar-refractivity contribution in [3.63, 3.8) is 0 Å². The SMILES string of the molecule is CCCC(C)c1nnc(CCNCC)s1. The predicted molar refractivity (Wildman–Crippen MR) is 65.5 cm³/mol. The number of rotatable bonds is 7. The van der Waals surface area contributed by atoms with Crippen molar-refractivity contribution in [3.05, 3.63) is 10.0 Å². The van der Waals surface area contributed by atoms with Gasteiger partial charge < -0.3 is 5.32 Å². The van der Waals surface area contributed by atoms with E-state index >= 15 is 0 Å². The van der Waals surface area contributed by atoms with Gasteiger partial charge in [-0.05, 0) is 13.0 Å². The van der Waals surface area contributed by atoms with Gasteiger partial charge in [-0.3, -0.25) is 0 Å². The van der Waals surface area contributed by atoms with Crippen LogP contribution >= 0.6 is 11.3 Å². The lowest BCUT2D eigenvalue weighted by molar-refractivity contribution is 0.652. The fourth-order valence-corrected chi connectivity index (χ4v) is 2.42. The molecule has 0 aliphatic heterocycles. The maximum Gasteiger partial charge on any atom is 0.120 e. The Morgan fingerprint density at radius 1 is 1.33 bits per heavy atom. The van der Waals surface area contributed by atoms with Gasteiger partial charge in [0.2, 0.25) is 0 Å². The molecule has 1 atom stereocenters. The molecule has 0 aliphatic rings. The molecule has 0 radical (unpaired) electrons. The molecule has 0 aliphatic carbocycles. The zero-order valence-corrected chi connectivity index (χ0v) is 10.7. The van der Waals surface area contributed by atoms with Crippen LogP contribution in [-0.2, 0) is 6.42 Å². The highest BCUT2D eigenvalue weighted by Gasteiger charge is 2.10. The molecule has 0 bridgehead atoms. The fourth-order valence-electron chi connectivity index (χ4n) is 1.50. The summed E-state index contributed by atoms with van der Waals surface area (Å²) in [6.07, 6.45) is 3.43. The second-order valence-electron chi connectivity index (χ2n) is 3.83. The molecule has 86 valence electrons. The van der Waals surface area contributed by atoms with Crippen LogP contribution in [0, 0.1) is 0 Å². The first-order chi connectivity index (χ1) is 7.27. The zero-order chi connectivity index (χ0) is 11.1. The standard InChI is InChI=1S/C11H21N3S/c1-4-6-9(3)11-14-13-10(15-11)7-8-12-5-2/h9,12H,4-8H2,1-3H3. The Morgan fingerprint density at radius 2 is 2.13 bits per heavy atom. The molecule has 0 aromatic carbocycles. The first-order valence-corrected chi connectivity index (χ1v) is 6.62. The molecule has 1 heterocycles. The summed E-state index contributed by atoms with van der Waals surface area (Å²) in [5.74, 6) is 0.570. The van der Waals surface area contributed by atoms with Gasteiger partial charge in [0.15, 0.2) is 0 Å². The monoisotopic (exact) mass is 227 g/mol. The average molecular weight is 227 g/mol. The summed E-state index contributed by atoms with van der Waals surface area (Å²) in [6, 6.07) is 0. The number of aromatic nitrogens is 2. The lowest BCUT2D eigenvalue weighted by Crippen LogP contribution is -2.15. The van der Waals surface area contributed by atoms with E-state index in [1.165, 1.54) is 17.8 Å². The summed E-state index contributed by atoms with van der Waals surface area (Å²) in [4.78, 5) is 0. The zero-order valence-electron chi connectivity index (χ0n) is 9.92. The quantitative estimate of drug-likeness (QED) is 0.728. The Morgan fingerprint density at radius 3 is 2.80 bits per heavy atom. The van der Waals surface area contributed by atoms with E-state index in [0.29, 0.717) is 5.92 Å². The molecule has 1 unspecified atom stereocenters. The van der Waals surface area contributed by atoms with E-state index in [2.05, 4.69) is 36.3 Å². The van der Waals surface area contributed by atoms with Crippen LogP contribution in [0.15, 0.2) is 0 Å². The summed E-state index contributed by atoms with van der Waals surface area (Å²) in [6.45, 7) is 8.60. The van der Waals surface area contributed by atoms with Crippen molar-refractivity contribution in [2.24, 2.45) is 0 Å². The molecule has 0 spiro atoms. The summed E-state index contributed by atoms with van der Waals surface area (Å²) in [5.41, 5.74) is 0. The minimum atomic E-state index is 0.570. The molecule has 0 amide bonds. The fraction of sp³-hybridized carbons (Fsp3) is 0.818. The van der Waals surface area contributed by atoms with Gasteiger partial charge in [-0.15, -0.1) is 21.5 Å². The highest BCUT2D eigenvalue weighted by atomic mass is 32.1. The third kappa shape index (κ3) is 4.26. The van der Waals surface area contributed by atoms with E-state index in [0.717, 1.165) is 24.5 Å². The summed E-state index contributed by atoms with van der Waals surface area (Å²) >= 11 is 1.77. The number of likely N-dealkylation sites (N-methyl/N-ethyl adjacent to an activating group) is 1. The van der Waals surface area contributed by atoms with Crippen molar-refractivity contribution in [3.8, 4) is 0 Å². The second-order valence-corrected chi connectivity index (χ2v) is 4.92. The Bertz CT molecular complexity index is 273. The van der Waals surface area contributed by atoms with Crippen LogP contribution in [0.5, 0.6) is 0 Å². The number of hydrogen-bond donors (Lipinski definition) is 1. The molecular weight excluding hydrogens is 206 g/mol. The van der Waals surface area contributed by atoms with Gasteiger partial charge in [-0.2, -0.15) is 0 Å². The molecular formula is C11H21N3S. The molecule has 3 nitrogen and oxygen atoms in total. The highest BCUT2D eigenvalue weighted by Crippen LogP contribution is 2.23. The molecule has 1 N–H and O–H groups in total. The van der Waals surface area contributed by atoms with Crippen molar-refractivity contribution in [1.29, 1.82) is 0 Å². The Balaban J connectivity index is 2.41. The molecule has 1 aromatic rings. The van der Waals surface area contributed by atoms with Gasteiger partial charge in [0.1, 0.15) is 10.0 Å². The van der Waals surface area contributed by atoms with E-state index in [-0.39, 0.29) is 0 Å². The minimum absolute atomic E-state index is 0.570. The maximum atomic E-state index is 4.25. The largest absolute Gasteiger partial charge is 0.317 e. The molecule has 0 fully saturated rings. The number of nitrogens with one attached hydrogen (secondary N) is 1. The van der Waals surface area contributed by atoms with E-state index in [4.69, 9.17) is 0 Å². The Labute approximate surface area is 96.3 Å². The lowest BCUT2D eigenvalue weighted by Gasteiger charge is -2.03. The lowest BCUT2D eigenvalue weighted by atomic mass is 10.1. The highest BCUT2D eigenvalue weighted by molar-refractivity contribution is 7.11. The van der Waals surface area contributed by atoms with E-state index in [9.17, 15) is 0 Å². The van der Waals surface area contributed by atoms with Gasteiger partial charge in [0.25, 0.3) is 0 Å². The van der Waals surface area contributed by atoms with Crippen LogP contribution in [-0.4, -0.2) is 23.3 Å². The Kier molecular flexibility index (Phi) is 5.79. The van der Waals surface area contributed by atoms with Crippen molar-refractivity contribution < 1.29 is 0 Å². The molecule has 1 aromatic heterocycles. The molecule has 0 saturated heterocycles. The van der Waals surface area contributed by atoms with Gasteiger partial charge in [0.05, 0.1) is 0 Å². The Hall–Kier alpha value is -0.480. The normalized spacial score (nSPS) is 13.0. The van der Waals surface area contributed by atoms with Crippen molar-refractivity contribution in [1.82, 2.24) is 15.5 Å². The summed E-state index contributed by atoms with van der Waals surface area (Å²) in [5, 5.41) is 14.1. The predicted octanol–water partition coefficient (Wildman–Crippen LogP) is 2.59. The topological polar surface area (TPSA) is 37.8 Å². The smallest absolute Gasteiger partial charge is 0.120 e. The van der Waals surface area contributed by atoms with Crippen molar-refractivity contribution in [2.75, 3.05) is 13.1 Å². The van der Waals surface area contributed by atoms with E-state index in [1.807, 2.05) is 0 Å². The van der Waals surface area contributed by atoms with Crippen LogP contribution in [0.25, 0.3) is 0 Å². The van der Waals surface area contributed by atoms with Gasteiger partial charge in [-0.1, -0.05) is 27.2 Å². The molecule has 4 heteroatoms. The first kappa shape index (κ1) is 12.6. The molecule has 15 heavy (non-hydrogen) atoms. The van der Waals surface area contributed by atoms with Gasteiger partial charge in [-0.25, -0.2) is 0 Å². The number of nitrogens with zero attached hydrogens (tertiary/aromatic N) is 2. The summed E-state index contributed by atoms with van der Waals surface area (Å²) in [7, 11) is 0. The first-order valence-electron chi connectivity index (χ1n) is 5.80. The maximum absolute atomic E-state index is 4.25. The van der Waals surface area contributed by atoms with Crippen LogP contribution in [0.1, 0.15) is 49.5 Å². The molecule has 1 rings (SSSR count). The van der Waals surface area contributed by atoms with Crippen LogP contribution < -0.4 is 5.32 Å². The average Bonchev–Trinajstić information content (AvgIpc) is 2.67. The summed E-state index contributed by atoms with van der Waals surface area (Å²) < 4.78 is 0. The third-order valence-corrected chi connectivity index (χ3v) is 3.61. The second kappa shape index (κ2) is 6.90. The molecule has 0 saturated carbocycles. The minimum Gasteiger partial charge on any atom is -0.317 e. The van der Waals surface area contributed by atoms with Crippen LogP contribution in [0.3, 0.4) is 0 Å². The van der Waals surface area contributed by atoms with E-state index in [1.54, 1.807) is 11.3 Å². The van der Waals surface area contributed by atoms with E-state index < -0.39 is 0 Å².